The minimum atomic E-state index is 0.576. The Bertz CT molecular complexity index is 452. The fourth-order valence-corrected chi connectivity index (χ4v) is 2.66. The number of nitrogens with zero attached hydrogens (tertiary/aromatic N) is 3. The second-order valence-electron chi connectivity index (χ2n) is 5.49. The van der Waals surface area contributed by atoms with Crippen molar-refractivity contribution in [3.05, 3.63) is 29.8 Å². The van der Waals surface area contributed by atoms with Crippen LogP contribution in [-0.2, 0) is 0 Å². The molecule has 1 heterocycles. The third kappa shape index (κ3) is 4.22. The zero-order chi connectivity index (χ0) is 14.4. The van der Waals surface area contributed by atoms with Crippen LogP contribution in [0.4, 0.5) is 0 Å². The third-order valence-corrected chi connectivity index (χ3v) is 3.82. The molecule has 1 aliphatic rings. The lowest BCUT2D eigenvalue weighted by atomic mass is 10.2. The van der Waals surface area contributed by atoms with Crippen molar-refractivity contribution in [2.24, 2.45) is 0 Å². The van der Waals surface area contributed by atoms with Gasteiger partial charge in [-0.05, 0) is 57.7 Å². The van der Waals surface area contributed by atoms with Crippen LogP contribution >= 0.6 is 0 Å². The molecule has 0 amide bonds. The van der Waals surface area contributed by atoms with E-state index in [9.17, 15) is 0 Å². The summed E-state index contributed by atoms with van der Waals surface area (Å²) in [6.45, 7) is 7.37. The van der Waals surface area contributed by atoms with Crippen LogP contribution < -0.4 is 4.74 Å². The second-order valence-corrected chi connectivity index (χ2v) is 5.49. The molecule has 1 aliphatic heterocycles. The van der Waals surface area contributed by atoms with Gasteiger partial charge in [-0.15, -0.1) is 0 Å². The van der Waals surface area contributed by atoms with E-state index >= 15 is 0 Å². The van der Waals surface area contributed by atoms with E-state index in [1.54, 1.807) is 12.1 Å². The van der Waals surface area contributed by atoms with Gasteiger partial charge in [-0.3, -0.25) is 4.90 Å². The molecule has 1 atom stereocenters. The number of nitriles is 1. The molecule has 0 saturated carbocycles. The van der Waals surface area contributed by atoms with Crippen LogP contribution in [0.15, 0.2) is 24.3 Å². The standard InChI is InChI=1S/C16H23N3O/c1-14-13-18(2)8-3-9-19(14)10-11-20-16-6-4-15(12-17)5-7-16/h4-7,14H,3,8-11,13H2,1-2H3. The summed E-state index contributed by atoms with van der Waals surface area (Å²) in [5.74, 6) is 0.837. The first kappa shape index (κ1) is 14.8. The number of hydrogen-bond donors (Lipinski definition) is 0. The summed E-state index contributed by atoms with van der Waals surface area (Å²) in [7, 11) is 2.19. The Hall–Kier alpha value is -1.57. The Morgan fingerprint density at radius 2 is 2.05 bits per heavy atom. The first-order valence-corrected chi connectivity index (χ1v) is 7.24. The Balaban J connectivity index is 1.78. The predicted molar refractivity (Wildman–Crippen MR) is 79.8 cm³/mol. The Morgan fingerprint density at radius 3 is 2.75 bits per heavy atom. The van der Waals surface area contributed by atoms with Gasteiger partial charge in [-0.2, -0.15) is 5.26 Å². The van der Waals surface area contributed by atoms with Crippen molar-refractivity contribution in [1.82, 2.24) is 9.80 Å². The molecule has 20 heavy (non-hydrogen) atoms. The van der Waals surface area contributed by atoms with Gasteiger partial charge in [0.05, 0.1) is 11.6 Å². The normalized spacial score (nSPS) is 21.1. The molecule has 0 N–H and O–H groups in total. The van der Waals surface area contributed by atoms with Crippen molar-refractivity contribution < 1.29 is 4.74 Å². The summed E-state index contributed by atoms with van der Waals surface area (Å²) < 4.78 is 5.76. The SMILES string of the molecule is CC1CN(C)CCCN1CCOc1ccc(C#N)cc1. The topological polar surface area (TPSA) is 39.5 Å². The molecule has 0 spiro atoms. The third-order valence-electron chi connectivity index (χ3n) is 3.82. The molecule has 0 aliphatic carbocycles. The zero-order valence-corrected chi connectivity index (χ0v) is 12.4. The molecule has 0 aromatic heterocycles. The first-order chi connectivity index (χ1) is 9.69. The van der Waals surface area contributed by atoms with Crippen LogP contribution in [0.25, 0.3) is 0 Å². The number of likely N-dealkylation sites (N-methyl/N-ethyl adjacent to an activating group) is 1. The van der Waals surface area contributed by atoms with E-state index in [-0.39, 0.29) is 0 Å². The van der Waals surface area contributed by atoms with Crippen molar-refractivity contribution in [3.63, 3.8) is 0 Å². The van der Waals surface area contributed by atoms with E-state index < -0.39 is 0 Å². The second kappa shape index (κ2) is 7.28. The van der Waals surface area contributed by atoms with Crippen LogP contribution in [-0.4, -0.2) is 55.7 Å². The van der Waals surface area contributed by atoms with Gasteiger partial charge in [0, 0.05) is 19.1 Å². The maximum Gasteiger partial charge on any atom is 0.119 e. The average molecular weight is 273 g/mol. The Morgan fingerprint density at radius 1 is 1.30 bits per heavy atom. The molecule has 1 aromatic rings. The fourth-order valence-electron chi connectivity index (χ4n) is 2.66. The van der Waals surface area contributed by atoms with Crippen molar-refractivity contribution >= 4 is 0 Å². The summed E-state index contributed by atoms with van der Waals surface area (Å²) in [5, 5.41) is 8.75. The van der Waals surface area contributed by atoms with Crippen molar-refractivity contribution in [2.75, 3.05) is 39.8 Å². The number of hydrogen-bond acceptors (Lipinski definition) is 4. The smallest absolute Gasteiger partial charge is 0.119 e. The quantitative estimate of drug-likeness (QED) is 0.841. The minimum absolute atomic E-state index is 0.576. The average Bonchev–Trinajstić information content (AvgIpc) is 2.61. The van der Waals surface area contributed by atoms with E-state index in [4.69, 9.17) is 10.00 Å². The highest BCUT2D eigenvalue weighted by Gasteiger charge is 2.18. The van der Waals surface area contributed by atoms with Gasteiger partial charge in [-0.25, -0.2) is 0 Å². The van der Waals surface area contributed by atoms with Crippen LogP contribution in [0.3, 0.4) is 0 Å². The molecular weight excluding hydrogens is 250 g/mol. The molecule has 4 nitrogen and oxygen atoms in total. The maximum atomic E-state index is 8.75. The Kier molecular flexibility index (Phi) is 5.40. The van der Waals surface area contributed by atoms with Crippen LogP contribution in [0.2, 0.25) is 0 Å². The van der Waals surface area contributed by atoms with E-state index in [1.165, 1.54) is 13.0 Å². The molecule has 0 radical (unpaired) electrons. The largest absolute Gasteiger partial charge is 0.492 e. The van der Waals surface area contributed by atoms with E-state index in [1.807, 2.05) is 12.1 Å². The molecule has 1 unspecified atom stereocenters. The fraction of sp³-hybridized carbons (Fsp3) is 0.562. The van der Waals surface area contributed by atoms with Crippen molar-refractivity contribution in [2.45, 2.75) is 19.4 Å². The van der Waals surface area contributed by atoms with Gasteiger partial charge in [0.15, 0.2) is 0 Å². The Labute approximate surface area is 121 Å². The summed E-state index contributed by atoms with van der Waals surface area (Å²) >= 11 is 0. The maximum absolute atomic E-state index is 8.75. The van der Waals surface area contributed by atoms with Gasteiger partial charge >= 0.3 is 0 Å². The van der Waals surface area contributed by atoms with Crippen molar-refractivity contribution in [1.29, 1.82) is 5.26 Å². The first-order valence-electron chi connectivity index (χ1n) is 7.24. The molecular formula is C16H23N3O. The highest BCUT2D eigenvalue weighted by molar-refractivity contribution is 5.34. The van der Waals surface area contributed by atoms with Gasteiger partial charge in [0.1, 0.15) is 12.4 Å². The molecule has 108 valence electrons. The minimum Gasteiger partial charge on any atom is -0.492 e. The highest BCUT2D eigenvalue weighted by Crippen LogP contribution is 2.12. The van der Waals surface area contributed by atoms with Crippen molar-refractivity contribution in [3.8, 4) is 11.8 Å². The van der Waals surface area contributed by atoms with Gasteiger partial charge in [0.25, 0.3) is 0 Å². The van der Waals surface area contributed by atoms with Gasteiger partial charge < -0.3 is 9.64 Å². The van der Waals surface area contributed by atoms with E-state index in [0.29, 0.717) is 18.2 Å². The van der Waals surface area contributed by atoms with Crippen LogP contribution in [0.1, 0.15) is 18.9 Å². The summed E-state index contributed by atoms with van der Waals surface area (Å²) in [4.78, 5) is 4.89. The number of benzene rings is 1. The molecule has 2 rings (SSSR count). The summed E-state index contributed by atoms with van der Waals surface area (Å²) in [6, 6.07) is 9.99. The molecule has 1 saturated heterocycles. The lowest BCUT2D eigenvalue weighted by Crippen LogP contribution is -2.40. The number of ether oxygens (including phenoxy) is 1. The monoisotopic (exact) mass is 273 g/mol. The summed E-state index contributed by atoms with van der Waals surface area (Å²) in [5.41, 5.74) is 0.668. The van der Waals surface area contributed by atoms with Crippen LogP contribution in [0, 0.1) is 11.3 Å². The lowest BCUT2D eigenvalue weighted by molar-refractivity contribution is 0.166. The van der Waals surface area contributed by atoms with Crippen LogP contribution in [0.5, 0.6) is 5.75 Å². The summed E-state index contributed by atoms with van der Waals surface area (Å²) in [6.07, 6.45) is 1.22. The molecule has 4 heteroatoms. The lowest BCUT2D eigenvalue weighted by Gasteiger charge is -2.27. The predicted octanol–water partition coefficient (Wildman–Crippen LogP) is 1.96. The van der Waals surface area contributed by atoms with E-state index in [0.717, 1.165) is 25.4 Å². The highest BCUT2D eigenvalue weighted by atomic mass is 16.5. The molecule has 1 aromatic carbocycles. The molecule has 1 fully saturated rings. The number of rotatable bonds is 4. The van der Waals surface area contributed by atoms with E-state index in [2.05, 4.69) is 29.8 Å². The zero-order valence-electron chi connectivity index (χ0n) is 12.4. The van der Waals surface area contributed by atoms with Gasteiger partial charge in [0.2, 0.25) is 0 Å². The van der Waals surface area contributed by atoms with Gasteiger partial charge in [-0.1, -0.05) is 0 Å². The molecule has 0 bridgehead atoms.